The minimum atomic E-state index is -0.549. The largest absolute Gasteiger partial charge is 0.453 e. The number of nitrogens with zero attached hydrogens (tertiary/aromatic N) is 1. The van der Waals surface area contributed by atoms with Crippen LogP contribution in [-0.4, -0.2) is 31.7 Å². The molecule has 1 atom stereocenters. The summed E-state index contributed by atoms with van der Waals surface area (Å²) in [6.45, 7) is 0.458. The molecule has 1 aliphatic heterocycles. The number of ether oxygens (including phenoxy) is 1. The topological polar surface area (TPSA) is 70.7 Å². The normalized spacial score (nSPS) is 16.6. The lowest BCUT2D eigenvalue weighted by Crippen LogP contribution is -2.33. The van der Waals surface area contributed by atoms with E-state index in [4.69, 9.17) is 0 Å². The number of amides is 2. The average molecular weight is 343 g/mol. The van der Waals surface area contributed by atoms with Gasteiger partial charge in [0.05, 0.1) is 12.8 Å². The van der Waals surface area contributed by atoms with Gasteiger partial charge < -0.3 is 15.0 Å². The third-order valence-electron chi connectivity index (χ3n) is 4.01. The Morgan fingerprint density at radius 3 is 2.52 bits per heavy atom. The van der Waals surface area contributed by atoms with Crippen LogP contribution in [-0.2, 0) is 9.53 Å². The lowest BCUT2D eigenvalue weighted by molar-refractivity contribution is -0.117. The zero-order chi connectivity index (χ0) is 17.8. The van der Waals surface area contributed by atoms with Gasteiger partial charge in [-0.25, -0.2) is 9.18 Å². The molecule has 2 aromatic rings. The first-order valence-corrected chi connectivity index (χ1v) is 7.86. The Morgan fingerprint density at radius 2 is 1.84 bits per heavy atom. The number of para-hydroxylation sites is 1. The van der Waals surface area contributed by atoms with Crippen LogP contribution < -0.4 is 15.5 Å². The van der Waals surface area contributed by atoms with Gasteiger partial charge in [0, 0.05) is 17.9 Å². The maximum Gasteiger partial charge on any atom is 0.411 e. The number of halogens is 1. The Hall–Kier alpha value is -3.09. The summed E-state index contributed by atoms with van der Waals surface area (Å²) in [5.74, 6) is -0.573. The van der Waals surface area contributed by atoms with E-state index in [0.717, 1.165) is 5.69 Å². The number of hydrogen-bond acceptors (Lipinski definition) is 4. The van der Waals surface area contributed by atoms with Crippen molar-refractivity contribution in [2.45, 2.75) is 12.5 Å². The average Bonchev–Trinajstić information content (AvgIpc) is 2.97. The van der Waals surface area contributed by atoms with E-state index in [1.807, 2.05) is 0 Å². The van der Waals surface area contributed by atoms with Gasteiger partial charge >= 0.3 is 6.09 Å². The number of benzene rings is 2. The first kappa shape index (κ1) is 16.8. The van der Waals surface area contributed by atoms with E-state index in [-0.39, 0.29) is 5.91 Å². The predicted octanol–water partition coefficient (Wildman–Crippen LogP) is 3.22. The fourth-order valence-electron chi connectivity index (χ4n) is 2.74. The molecule has 0 bridgehead atoms. The van der Waals surface area contributed by atoms with E-state index in [0.29, 0.717) is 24.3 Å². The maximum atomic E-state index is 13.9. The maximum absolute atomic E-state index is 13.9. The van der Waals surface area contributed by atoms with Crippen molar-refractivity contribution in [1.82, 2.24) is 0 Å². The monoisotopic (exact) mass is 343 g/mol. The van der Waals surface area contributed by atoms with Gasteiger partial charge in [0.25, 0.3) is 0 Å². The zero-order valence-corrected chi connectivity index (χ0v) is 13.7. The molecule has 2 aromatic carbocycles. The SMILES string of the molecule is COC(=O)Nc1ccc(NC2CCN(c3ccccc3F)C2=O)cc1. The van der Waals surface area contributed by atoms with Crippen LogP contribution in [0, 0.1) is 5.82 Å². The number of hydrogen-bond donors (Lipinski definition) is 2. The van der Waals surface area contributed by atoms with Crippen molar-refractivity contribution < 1.29 is 18.7 Å². The highest BCUT2D eigenvalue weighted by Crippen LogP contribution is 2.26. The summed E-state index contributed by atoms with van der Waals surface area (Å²) in [4.78, 5) is 25.2. The van der Waals surface area contributed by atoms with Crippen molar-refractivity contribution in [3.05, 3.63) is 54.3 Å². The smallest absolute Gasteiger partial charge is 0.411 e. The summed E-state index contributed by atoms with van der Waals surface area (Å²) < 4.78 is 18.4. The van der Waals surface area contributed by atoms with Crippen LogP contribution in [0.25, 0.3) is 0 Å². The molecule has 1 fully saturated rings. The lowest BCUT2D eigenvalue weighted by atomic mass is 10.2. The molecule has 2 amide bonds. The second kappa shape index (κ2) is 7.21. The zero-order valence-electron chi connectivity index (χ0n) is 13.7. The van der Waals surface area contributed by atoms with Crippen LogP contribution in [0.15, 0.2) is 48.5 Å². The van der Waals surface area contributed by atoms with Crippen molar-refractivity contribution in [3.8, 4) is 0 Å². The number of anilines is 3. The molecule has 1 aliphatic rings. The fourth-order valence-corrected chi connectivity index (χ4v) is 2.74. The minimum absolute atomic E-state index is 0.165. The standard InChI is InChI=1S/C18H18FN3O3/c1-25-18(24)21-13-8-6-12(7-9-13)20-15-10-11-22(17(15)23)16-5-3-2-4-14(16)19/h2-9,15,20H,10-11H2,1H3,(H,21,24). The first-order chi connectivity index (χ1) is 12.1. The van der Waals surface area contributed by atoms with Gasteiger partial charge in [-0.15, -0.1) is 0 Å². The molecule has 0 spiro atoms. The second-order valence-corrected chi connectivity index (χ2v) is 5.62. The quantitative estimate of drug-likeness (QED) is 0.894. The third kappa shape index (κ3) is 3.71. The summed E-state index contributed by atoms with van der Waals surface area (Å²) in [6.07, 6.45) is 0.0298. The molecule has 0 radical (unpaired) electrons. The van der Waals surface area contributed by atoms with E-state index in [1.165, 1.54) is 18.1 Å². The van der Waals surface area contributed by atoms with Gasteiger partial charge in [0.1, 0.15) is 11.9 Å². The number of carbonyl (C=O) groups excluding carboxylic acids is 2. The van der Waals surface area contributed by atoms with Gasteiger partial charge in [-0.3, -0.25) is 10.1 Å². The molecule has 1 heterocycles. The molecule has 0 aliphatic carbocycles. The molecule has 7 heteroatoms. The van der Waals surface area contributed by atoms with Crippen LogP contribution in [0.5, 0.6) is 0 Å². The summed E-state index contributed by atoms with van der Waals surface area (Å²) in [6, 6.07) is 12.7. The summed E-state index contributed by atoms with van der Waals surface area (Å²) in [5, 5.41) is 5.70. The van der Waals surface area contributed by atoms with Gasteiger partial charge in [-0.05, 0) is 42.8 Å². The second-order valence-electron chi connectivity index (χ2n) is 5.62. The number of rotatable bonds is 4. The summed E-state index contributed by atoms with van der Waals surface area (Å²) >= 11 is 0. The van der Waals surface area contributed by atoms with Crippen molar-refractivity contribution >= 4 is 29.1 Å². The highest BCUT2D eigenvalue weighted by molar-refractivity contribution is 6.01. The van der Waals surface area contributed by atoms with Crippen LogP contribution in [0.1, 0.15) is 6.42 Å². The number of nitrogens with one attached hydrogen (secondary N) is 2. The van der Waals surface area contributed by atoms with Crippen LogP contribution in [0.2, 0.25) is 0 Å². The van der Waals surface area contributed by atoms with Crippen LogP contribution in [0.4, 0.5) is 26.2 Å². The van der Waals surface area contributed by atoms with Crippen molar-refractivity contribution in [1.29, 1.82) is 0 Å². The molecule has 2 N–H and O–H groups in total. The van der Waals surface area contributed by atoms with Gasteiger partial charge in [-0.1, -0.05) is 12.1 Å². The molecule has 1 saturated heterocycles. The summed E-state index contributed by atoms with van der Waals surface area (Å²) in [7, 11) is 1.29. The molecular formula is C18H18FN3O3. The van der Waals surface area contributed by atoms with E-state index in [9.17, 15) is 14.0 Å². The van der Waals surface area contributed by atoms with E-state index in [1.54, 1.807) is 42.5 Å². The first-order valence-electron chi connectivity index (χ1n) is 7.86. The van der Waals surface area contributed by atoms with E-state index < -0.39 is 18.0 Å². The molecule has 3 rings (SSSR count). The Balaban J connectivity index is 1.65. The molecule has 1 unspecified atom stereocenters. The highest BCUT2D eigenvalue weighted by Gasteiger charge is 2.33. The molecule has 0 aromatic heterocycles. The van der Waals surface area contributed by atoms with Crippen LogP contribution >= 0.6 is 0 Å². The fraction of sp³-hybridized carbons (Fsp3) is 0.222. The summed E-state index contributed by atoms with van der Waals surface area (Å²) in [5.41, 5.74) is 1.63. The number of carbonyl (C=O) groups is 2. The van der Waals surface area contributed by atoms with E-state index in [2.05, 4.69) is 15.4 Å². The Bertz CT molecular complexity index is 779. The highest BCUT2D eigenvalue weighted by atomic mass is 19.1. The molecule has 130 valence electrons. The minimum Gasteiger partial charge on any atom is -0.453 e. The van der Waals surface area contributed by atoms with Crippen molar-refractivity contribution in [2.24, 2.45) is 0 Å². The Kier molecular flexibility index (Phi) is 4.83. The Morgan fingerprint density at radius 1 is 1.16 bits per heavy atom. The van der Waals surface area contributed by atoms with E-state index >= 15 is 0 Å². The van der Waals surface area contributed by atoms with Gasteiger partial charge in [0.2, 0.25) is 5.91 Å². The van der Waals surface area contributed by atoms with Gasteiger partial charge in [-0.2, -0.15) is 0 Å². The number of methoxy groups -OCH3 is 1. The third-order valence-corrected chi connectivity index (χ3v) is 4.01. The van der Waals surface area contributed by atoms with Crippen molar-refractivity contribution in [3.63, 3.8) is 0 Å². The lowest BCUT2D eigenvalue weighted by Gasteiger charge is -2.18. The van der Waals surface area contributed by atoms with Crippen molar-refractivity contribution in [2.75, 3.05) is 29.2 Å². The Labute approximate surface area is 144 Å². The van der Waals surface area contributed by atoms with Crippen LogP contribution in [0.3, 0.4) is 0 Å². The predicted molar refractivity (Wildman–Crippen MR) is 93.3 cm³/mol. The molecule has 6 nitrogen and oxygen atoms in total. The molecule has 25 heavy (non-hydrogen) atoms. The molecular weight excluding hydrogens is 325 g/mol. The molecule has 0 saturated carbocycles. The van der Waals surface area contributed by atoms with Gasteiger partial charge in [0.15, 0.2) is 0 Å².